The predicted octanol–water partition coefficient (Wildman–Crippen LogP) is 3.29. The van der Waals surface area contributed by atoms with Gasteiger partial charge in [-0.2, -0.15) is 0 Å². The molecule has 2 N–H and O–H groups in total. The zero-order chi connectivity index (χ0) is 13.4. The van der Waals surface area contributed by atoms with Gasteiger partial charge in [0.2, 0.25) is 0 Å². The Hall–Kier alpha value is -1.33. The van der Waals surface area contributed by atoms with E-state index in [0.717, 1.165) is 17.4 Å². The number of halogens is 1. The molecule has 1 aromatic heterocycles. The number of nitrogens with zero attached hydrogens (tertiary/aromatic N) is 1. The molecule has 0 unspecified atom stereocenters. The maximum atomic E-state index is 12.5. The van der Waals surface area contributed by atoms with E-state index in [2.05, 4.69) is 27.4 Å². The second-order valence-electron chi connectivity index (χ2n) is 4.58. The van der Waals surface area contributed by atoms with Crippen molar-refractivity contribution in [3.8, 4) is 0 Å². The molecular weight excluding hydrogens is 324 g/mol. The molecule has 0 aliphatic carbocycles. The molecule has 1 amide bonds. The van der Waals surface area contributed by atoms with Crippen LogP contribution in [0.4, 0.5) is 5.69 Å². The van der Waals surface area contributed by atoms with Gasteiger partial charge in [-0.1, -0.05) is 15.9 Å². The molecule has 0 saturated carbocycles. The minimum Gasteiger partial charge on any atom is -0.398 e. The summed E-state index contributed by atoms with van der Waals surface area (Å²) in [7, 11) is 0. The van der Waals surface area contributed by atoms with Gasteiger partial charge < -0.3 is 10.6 Å². The van der Waals surface area contributed by atoms with Crippen LogP contribution in [0.3, 0.4) is 0 Å². The average Bonchev–Trinajstić information content (AvgIpc) is 2.85. The van der Waals surface area contributed by atoms with Gasteiger partial charge in [0.05, 0.1) is 5.56 Å². The number of hydrogen-bond acceptors (Lipinski definition) is 3. The number of nitrogen functional groups attached to an aromatic ring is 1. The first kappa shape index (κ1) is 12.7. The number of amides is 1. The van der Waals surface area contributed by atoms with Gasteiger partial charge in [-0.3, -0.25) is 4.79 Å². The Labute approximate surface area is 124 Å². The molecule has 0 spiro atoms. The zero-order valence-corrected chi connectivity index (χ0v) is 12.6. The number of hydrogen-bond donors (Lipinski definition) is 1. The van der Waals surface area contributed by atoms with Crippen LogP contribution in [-0.2, 0) is 13.0 Å². The quantitative estimate of drug-likeness (QED) is 0.812. The van der Waals surface area contributed by atoms with Crippen LogP contribution >= 0.6 is 27.3 Å². The van der Waals surface area contributed by atoms with Gasteiger partial charge in [-0.15, -0.1) is 11.3 Å². The molecule has 19 heavy (non-hydrogen) atoms. The van der Waals surface area contributed by atoms with Crippen molar-refractivity contribution in [2.24, 2.45) is 0 Å². The molecule has 3 rings (SSSR count). The number of rotatable bonds is 1. The predicted molar refractivity (Wildman–Crippen MR) is 81.3 cm³/mol. The van der Waals surface area contributed by atoms with Crippen LogP contribution in [-0.4, -0.2) is 17.4 Å². The average molecular weight is 337 g/mol. The molecule has 0 radical (unpaired) electrons. The van der Waals surface area contributed by atoms with Crippen molar-refractivity contribution in [2.45, 2.75) is 13.0 Å². The number of thiophene rings is 1. The number of carbonyl (C=O) groups excluding carboxylic acids is 1. The number of fused-ring (bicyclic) bond motifs is 1. The Bertz CT molecular complexity index is 638. The Morgan fingerprint density at radius 1 is 1.37 bits per heavy atom. The van der Waals surface area contributed by atoms with Gasteiger partial charge >= 0.3 is 0 Å². The molecule has 98 valence electrons. The number of carbonyl (C=O) groups is 1. The van der Waals surface area contributed by atoms with Crippen molar-refractivity contribution in [1.29, 1.82) is 0 Å². The molecule has 2 aromatic rings. The third-order valence-corrected chi connectivity index (χ3v) is 4.86. The lowest BCUT2D eigenvalue weighted by molar-refractivity contribution is 0.0737. The highest BCUT2D eigenvalue weighted by molar-refractivity contribution is 9.10. The van der Waals surface area contributed by atoms with E-state index in [0.29, 0.717) is 17.8 Å². The lowest BCUT2D eigenvalue weighted by atomic mass is 10.1. The standard InChI is InChI=1S/C14H13BrN2OS/c15-10-1-2-11(12(16)7-10)14(18)17-5-3-13-9(8-17)4-6-19-13/h1-2,4,6-7H,3,5,8,16H2. The fourth-order valence-electron chi connectivity index (χ4n) is 2.32. The second kappa shape index (κ2) is 4.98. The van der Waals surface area contributed by atoms with E-state index >= 15 is 0 Å². The Kier molecular flexibility index (Phi) is 3.33. The van der Waals surface area contributed by atoms with E-state index in [9.17, 15) is 4.79 Å². The van der Waals surface area contributed by atoms with Gasteiger partial charge in [0, 0.05) is 28.1 Å². The Morgan fingerprint density at radius 2 is 2.21 bits per heavy atom. The van der Waals surface area contributed by atoms with Gasteiger partial charge in [-0.25, -0.2) is 0 Å². The minimum atomic E-state index is 0.0156. The topological polar surface area (TPSA) is 46.3 Å². The molecule has 1 aromatic carbocycles. The largest absolute Gasteiger partial charge is 0.398 e. The van der Waals surface area contributed by atoms with E-state index in [4.69, 9.17) is 5.73 Å². The van der Waals surface area contributed by atoms with Crippen LogP contribution in [0.2, 0.25) is 0 Å². The first-order valence-electron chi connectivity index (χ1n) is 6.04. The van der Waals surface area contributed by atoms with Gasteiger partial charge in [-0.05, 0) is 41.6 Å². The van der Waals surface area contributed by atoms with Crippen LogP contribution in [0, 0.1) is 0 Å². The molecule has 0 fully saturated rings. The summed E-state index contributed by atoms with van der Waals surface area (Å²) >= 11 is 5.13. The Balaban J connectivity index is 1.85. The van der Waals surface area contributed by atoms with Crippen LogP contribution in [0.25, 0.3) is 0 Å². The maximum absolute atomic E-state index is 12.5. The lowest BCUT2D eigenvalue weighted by Gasteiger charge is -2.27. The van der Waals surface area contributed by atoms with Crippen LogP contribution in [0.15, 0.2) is 34.1 Å². The van der Waals surface area contributed by atoms with Crippen LogP contribution < -0.4 is 5.73 Å². The smallest absolute Gasteiger partial charge is 0.256 e. The second-order valence-corrected chi connectivity index (χ2v) is 6.49. The lowest BCUT2D eigenvalue weighted by Crippen LogP contribution is -2.35. The summed E-state index contributed by atoms with van der Waals surface area (Å²) in [5.74, 6) is 0.0156. The normalized spacial score (nSPS) is 14.3. The van der Waals surface area contributed by atoms with Gasteiger partial charge in [0.1, 0.15) is 0 Å². The summed E-state index contributed by atoms with van der Waals surface area (Å²) in [6, 6.07) is 7.51. The summed E-state index contributed by atoms with van der Waals surface area (Å²) in [6.45, 7) is 1.45. The third kappa shape index (κ3) is 2.40. The van der Waals surface area contributed by atoms with Crippen molar-refractivity contribution in [3.63, 3.8) is 0 Å². The highest BCUT2D eigenvalue weighted by Gasteiger charge is 2.23. The SMILES string of the molecule is Nc1cc(Br)ccc1C(=O)N1CCc2sccc2C1. The van der Waals surface area contributed by atoms with Crippen LogP contribution in [0.5, 0.6) is 0 Å². The van der Waals surface area contributed by atoms with E-state index in [-0.39, 0.29) is 5.91 Å². The van der Waals surface area contributed by atoms with E-state index in [1.54, 1.807) is 23.5 Å². The highest BCUT2D eigenvalue weighted by atomic mass is 79.9. The van der Waals surface area contributed by atoms with E-state index < -0.39 is 0 Å². The van der Waals surface area contributed by atoms with Crippen molar-refractivity contribution < 1.29 is 4.79 Å². The fourth-order valence-corrected chi connectivity index (χ4v) is 3.59. The zero-order valence-electron chi connectivity index (χ0n) is 10.2. The molecule has 3 nitrogen and oxygen atoms in total. The molecule has 0 atom stereocenters. The van der Waals surface area contributed by atoms with Crippen molar-refractivity contribution >= 4 is 38.9 Å². The number of benzene rings is 1. The summed E-state index contributed by atoms with van der Waals surface area (Å²) in [5, 5.41) is 2.09. The summed E-state index contributed by atoms with van der Waals surface area (Å²) in [5.41, 5.74) is 8.30. The van der Waals surface area contributed by atoms with Gasteiger partial charge in [0.25, 0.3) is 5.91 Å². The molecule has 1 aliphatic rings. The third-order valence-electron chi connectivity index (χ3n) is 3.34. The van der Waals surface area contributed by atoms with Crippen molar-refractivity contribution in [2.75, 3.05) is 12.3 Å². The number of nitrogens with two attached hydrogens (primary N) is 1. The van der Waals surface area contributed by atoms with E-state index in [1.807, 2.05) is 11.0 Å². The van der Waals surface area contributed by atoms with E-state index in [1.165, 1.54) is 10.4 Å². The monoisotopic (exact) mass is 336 g/mol. The summed E-state index contributed by atoms with van der Waals surface area (Å²) < 4.78 is 0.889. The summed E-state index contributed by atoms with van der Waals surface area (Å²) in [4.78, 5) is 15.8. The van der Waals surface area contributed by atoms with Crippen LogP contribution in [0.1, 0.15) is 20.8 Å². The Morgan fingerprint density at radius 3 is 3.00 bits per heavy atom. The molecule has 5 heteroatoms. The molecule has 2 heterocycles. The molecular formula is C14H13BrN2OS. The summed E-state index contributed by atoms with van der Waals surface area (Å²) in [6.07, 6.45) is 0.940. The first-order valence-corrected chi connectivity index (χ1v) is 7.72. The minimum absolute atomic E-state index is 0.0156. The maximum Gasteiger partial charge on any atom is 0.256 e. The van der Waals surface area contributed by atoms with Crippen molar-refractivity contribution in [1.82, 2.24) is 4.90 Å². The fraction of sp³-hybridized carbons (Fsp3) is 0.214. The molecule has 0 saturated heterocycles. The molecule has 0 bridgehead atoms. The number of anilines is 1. The highest BCUT2D eigenvalue weighted by Crippen LogP contribution is 2.26. The first-order chi connectivity index (χ1) is 9.15. The van der Waals surface area contributed by atoms with Gasteiger partial charge in [0.15, 0.2) is 0 Å². The molecule has 1 aliphatic heterocycles. The van der Waals surface area contributed by atoms with Crippen molar-refractivity contribution in [3.05, 3.63) is 50.1 Å².